The van der Waals surface area contributed by atoms with Crippen LogP contribution in [0.1, 0.15) is 94.4 Å². The van der Waals surface area contributed by atoms with E-state index in [0.717, 1.165) is 30.6 Å². The van der Waals surface area contributed by atoms with Gasteiger partial charge in [0.1, 0.15) is 12.1 Å². The van der Waals surface area contributed by atoms with Crippen LogP contribution >= 0.6 is 11.8 Å². The molecule has 0 aromatic carbocycles. The Kier molecular flexibility index (Phi) is 32.5. The summed E-state index contributed by atoms with van der Waals surface area (Å²) in [6, 6.07) is -0.668. The number of unbranched alkanes of at least 4 members (excludes halogenated alkanes) is 1. The third-order valence-electron chi connectivity index (χ3n) is 3.61. The molecule has 9 nitrogen and oxygen atoms in total. The van der Waals surface area contributed by atoms with Crippen molar-refractivity contribution in [2.75, 3.05) is 24.6 Å². The summed E-state index contributed by atoms with van der Waals surface area (Å²) in [6.45, 7) is 17.5. The van der Waals surface area contributed by atoms with Crippen molar-refractivity contribution in [1.82, 2.24) is 10.6 Å². The highest BCUT2D eigenvalue weighted by Crippen LogP contribution is 2.06. The molecule has 0 aromatic heterocycles. The number of ether oxygens (including phenoxy) is 1. The fraction of sp³-hybridized carbons (Fsp3) is 0.800. The second kappa shape index (κ2) is 28.3. The van der Waals surface area contributed by atoms with Crippen LogP contribution in [0.4, 0.5) is 0 Å². The Morgan fingerprint density at radius 1 is 1.03 bits per heavy atom. The first-order valence-electron chi connectivity index (χ1n) is 12.6. The average molecular weight is 521 g/mol. The largest absolute Gasteiger partial charge is 0.459 e. The Balaban J connectivity index is -0.000000408. The van der Waals surface area contributed by atoms with Crippen molar-refractivity contribution in [3.63, 3.8) is 0 Å². The van der Waals surface area contributed by atoms with E-state index >= 15 is 0 Å². The molecule has 0 aliphatic carbocycles. The smallest absolute Gasteiger partial charge is 0.325 e. The lowest BCUT2D eigenvalue weighted by atomic mass is 10.1. The third kappa shape index (κ3) is 34.3. The average Bonchev–Trinajstić information content (AvgIpc) is 2.83. The summed E-state index contributed by atoms with van der Waals surface area (Å²) in [5.74, 6) is 0.936. The number of carbonyl (C=O) groups is 4. The highest BCUT2D eigenvalue weighted by molar-refractivity contribution is 7.99. The molecule has 0 aromatic rings. The van der Waals surface area contributed by atoms with Crippen LogP contribution in [0.3, 0.4) is 0 Å². The first kappa shape index (κ1) is 40.2. The third-order valence-corrected chi connectivity index (χ3v) is 4.52. The summed E-state index contributed by atoms with van der Waals surface area (Å²) in [4.78, 5) is 44.8. The molecule has 0 rings (SSSR count). The molecule has 0 bridgehead atoms. The zero-order valence-electron chi connectivity index (χ0n) is 23.5. The van der Waals surface area contributed by atoms with Crippen LogP contribution in [-0.4, -0.2) is 66.0 Å². The van der Waals surface area contributed by atoms with Crippen LogP contribution in [0.25, 0.3) is 0 Å². The quantitative estimate of drug-likeness (QED) is 0.154. The molecule has 0 radical (unpaired) electrons. The number of hydrogen-bond donors (Lipinski definition) is 4. The SMILES string of the molecule is CC.CC.CCC(=O)C=N.CCSCCC(=O)NCCCCC(N)C(=O)NCC(=O)OC(C)(C)C. The standard InChI is InChI=1S/C17H33N3O4S.C4H7NO.2C2H6/c1-5-25-11-9-14(21)19-10-7-6-8-13(18)16(23)20-12-15(22)24-17(2,3)4;1-2-4(6)3-5;2*1-2/h13H,5-12,18H2,1-4H3,(H,19,21)(H,20,23);3,5H,2H2,1H3;2*1-2H3. The first-order chi connectivity index (χ1) is 16.5. The maximum atomic E-state index is 11.8. The first-order valence-corrected chi connectivity index (χ1v) is 13.7. The fourth-order valence-electron chi connectivity index (χ4n) is 2.02. The number of carbonyl (C=O) groups excluding carboxylic acids is 4. The summed E-state index contributed by atoms with van der Waals surface area (Å²) in [7, 11) is 0. The van der Waals surface area contributed by atoms with Crippen molar-refractivity contribution >= 4 is 41.5 Å². The van der Waals surface area contributed by atoms with E-state index in [0.29, 0.717) is 25.8 Å². The molecule has 1 unspecified atom stereocenters. The minimum atomic E-state index is -0.668. The molecular formula is C25H52N4O5S. The van der Waals surface area contributed by atoms with Gasteiger partial charge in [0.05, 0.1) is 12.3 Å². The number of Topliss-reactive ketones (excluding diaryl/α,β-unsaturated/α-hetero) is 1. The van der Waals surface area contributed by atoms with Gasteiger partial charge in [0, 0.05) is 25.1 Å². The van der Waals surface area contributed by atoms with Crippen molar-refractivity contribution in [2.45, 2.75) is 106 Å². The second-order valence-electron chi connectivity index (χ2n) is 7.67. The van der Waals surface area contributed by atoms with E-state index in [4.69, 9.17) is 15.9 Å². The van der Waals surface area contributed by atoms with Crippen LogP contribution in [0, 0.1) is 5.41 Å². The molecule has 0 heterocycles. The normalized spacial score (nSPS) is 10.5. The van der Waals surface area contributed by atoms with Crippen molar-refractivity contribution in [1.29, 1.82) is 5.41 Å². The van der Waals surface area contributed by atoms with Crippen LogP contribution in [-0.2, 0) is 23.9 Å². The molecule has 0 aliphatic heterocycles. The van der Waals surface area contributed by atoms with Crippen LogP contribution in [0.2, 0.25) is 0 Å². The number of ketones is 1. The molecule has 5 N–H and O–H groups in total. The zero-order valence-corrected chi connectivity index (χ0v) is 24.4. The molecule has 1 atom stereocenters. The van der Waals surface area contributed by atoms with Gasteiger partial charge in [-0.1, -0.05) is 41.5 Å². The van der Waals surface area contributed by atoms with E-state index in [9.17, 15) is 19.2 Å². The molecule has 2 amide bonds. The van der Waals surface area contributed by atoms with Gasteiger partial charge >= 0.3 is 5.97 Å². The van der Waals surface area contributed by atoms with Gasteiger partial charge in [-0.25, -0.2) is 0 Å². The molecule has 0 aliphatic rings. The zero-order chi connectivity index (χ0) is 28.3. The Morgan fingerprint density at radius 2 is 1.60 bits per heavy atom. The van der Waals surface area contributed by atoms with Gasteiger partial charge < -0.3 is 26.5 Å². The summed E-state index contributed by atoms with van der Waals surface area (Å²) in [6.07, 6.45) is 3.81. The number of hydrogen-bond acceptors (Lipinski definition) is 8. The number of esters is 1. The second-order valence-corrected chi connectivity index (χ2v) is 9.06. The Labute approximate surface area is 218 Å². The summed E-state index contributed by atoms with van der Waals surface area (Å²) in [5, 5.41) is 11.7. The number of nitrogens with two attached hydrogens (primary N) is 1. The molecule has 0 saturated heterocycles. The Morgan fingerprint density at radius 3 is 2.03 bits per heavy atom. The van der Waals surface area contributed by atoms with Gasteiger partial charge in [-0.05, 0) is 45.8 Å². The minimum absolute atomic E-state index is 0.0559. The summed E-state index contributed by atoms with van der Waals surface area (Å²) >= 11 is 1.74. The van der Waals surface area contributed by atoms with Crippen LogP contribution in [0.5, 0.6) is 0 Å². The predicted octanol–water partition coefficient (Wildman–Crippen LogP) is 3.87. The van der Waals surface area contributed by atoms with E-state index < -0.39 is 17.6 Å². The van der Waals surface area contributed by atoms with Crippen molar-refractivity contribution < 1.29 is 23.9 Å². The van der Waals surface area contributed by atoms with Crippen LogP contribution in [0.15, 0.2) is 0 Å². The van der Waals surface area contributed by atoms with E-state index in [1.807, 2.05) is 27.7 Å². The van der Waals surface area contributed by atoms with Crippen LogP contribution < -0.4 is 16.4 Å². The van der Waals surface area contributed by atoms with Crippen molar-refractivity contribution in [2.24, 2.45) is 5.73 Å². The molecular weight excluding hydrogens is 468 g/mol. The minimum Gasteiger partial charge on any atom is -0.459 e. The van der Waals surface area contributed by atoms with E-state index in [1.165, 1.54) is 0 Å². The van der Waals surface area contributed by atoms with E-state index in [1.54, 1.807) is 39.5 Å². The van der Waals surface area contributed by atoms with Gasteiger partial charge in [-0.2, -0.15) is 11.8 Å². The predicted molar refractivity (Wildman–Crippen MR) is 148 cm³/mol. The maximum absolute atomic E-state index is 11.8. The molecule has 0 fully saturated rings. The number of rotatable bonds is 14. The molecule has 0 saturated carbocycles. The van der Waals surface area contributed by atoms with E-state index in [-0.39, 0.29) is 24.1 Å². The molecule has 10 heteroatoms. The lowest BCUT2D eigenvalue weighted by molar-refractivity contribution is -0.154. The highest BCUT2D eigenvalue weighted by atomic mass is 32.2. The number of amides is 2. The van der Waals surface area contributed by atoms with E-state index in [2.05, 4.69) is 17.6 Å². The van der Waals surface area contributed by atoms with Gasteiger partial charge in [0.25, 0.3) is 0 Å². The van der Waals surface area contributed by atoms with Crippen molar-refractivity contribution in [3.8, 4) is 0 Å². The lowest BCUT2D eigenvalue weighted by Crippen LogP contribution is -2.43. The van der Waals surface area contributed by atoms with Gasteiger partial charge in [-0.3, -0.25) is 19.2 Å². The van der Waals surface area contributed by atoms with Gasteiger partial charge in [0.2, 0.25) is 11.8 Å². The Hall–Kier alpha value is -1.94. The Bertz CT molecular complexity index is 567. The highest BCUT2D eigenvalue weighted by Gasteiger charge is 2.18. The lowest BCUT2D eigenvalue weighted by Gasteiger charge is -2.20. The van der Waals surface area contributed by atoms with Gasteiger partial charge in [0.15, 0.2) is 5.78 Å². The molecule has 35 heavy (non-hydrogen) atoms. The monoisotopic (exact) mass is 520 g/mol. The molecule has 0 spiro atoms. The number of thioether (sulfide) groups is 1. The summed E-state index contributed by atoms with van der Waals surface area (Å²) in [5.41, 5.74) is 5.22. The molecule has 208 valence electrons. The fourth-order valence-corrected chi connectivity index (χ4v) is 2.63. The van der Waals surface area contributed by atoms with Gasteiger partial charge in [-0.15, -0.1) is 0 Å². The van der Waals surface area contributed by atoms with Crippen molar-refractivity contribution in [3.05, 3.63) is 0 Å². The summed E-state index contributed by atoms with van der Waals surface area (Å²) < 4.78 is 5.10. The maximum Gasteiger partial charge on any atom is 0.325 e. The number of nitrogens with one attached hydrogen (secondary N) is 3. The topological polar surface area (TPSA) is 151 Å².